The molecule has 0 N–H and O–H groups in total. The Hall–Kier alpha value is -2.59. The van der Waals surface area contributed by atoms with Gasteiger partial charge in [-0.15, -0.1) is 0 Å². The van der Waals surface area contributed by atoms with Crippen molar-refractivity contribution in [3.05, 3.63) is 70.8 Å². The van der Waals surface area contributed by atoms with E-state index in [1.54, 1.807) is 6.08 Å². The average molecular weight is 409 g/mol. The van der Waals surface area contributed by atoms with E-state index in [0.29, 0.717) is 6.61 Å². The molecular formula is C26H32O4. The Kier molecular flexibility index (Phi) is 6.37. The summed E-state index contributed by atoms with van der Waals surface area (Å²) in [4.78, 5) is 12.2. The minimum Gasteiger partial charge on any atom is -0.488 e. The largest absolute Gasteiger partial charge is 0.488 e. The van der Waals surface area contributed by atoms with E-state index in [-0.39, 0.29) is 17.7 Å². The van der Waals surface area contributed by atoms with E-state index < -0.39 is 5.60 Å². The van der Waals surface area contributed by atoms with Crippen LogP contribution in [0.3, 0.4) is 0 Å². The van der Waals surface area contributed by atoms with E-state index >= 15 is 0 Å². The van der Waals surface area contributed by atoms with Crippen LogP contribution in [0, 0.1) is 6.92 Å². The third-order valence-electron chi connectivity index (χ3n) is 5.11. The van der Waals surface area contributed by atoms with Crippen molar-refractivity contribution in [2.75, 3.05) is 0 Å². The molecule has 1 fully saturated rings. The number of ether oxygens (including phenoxy) is 3. The molecule has 0 saturated carbocycles. The van der Waals surface area contributed by atoms with Crippen LogP contribution in [0.2, 0.25) is 0 Å². The normalized spacial score (nSPS) is 17.7. The lowest BCUT2D eigenvalue weighted by Gasteiger charge is -2.18. The van der Waals surface area contributed by atoms with Crippen LogP contribution in [-0.2, 0) is 27.3 Å². The van der Waals surface area contributed by atoms with Crippen molar-refractivity contribution in [3.8, 4) is 5.75 Å². The molecule has 2 aromatic carbocycles. The summed E-state index contributed by atoms with van der Waals surface area (Å²) in [6.07, 6.45) is 4.18. The highest BCUT2D eigenvalue weighted by Gasteiger charge is 2.48. The van der Waals surface area contributed by atoms with E-state index in [1.165, 1.54) is 6.08 Å². The summed E-state index contributed by atoms with van der Waals surface area (Å²) in [5.41, 5.74) is 3.59. The van der Waals surface area contributed by atoms with Gasteiger partial charge < -0.3 is 14.2 Å². The monoisotopic (exact) mass is 408 g/mol. The van der Waals surface area contributed by atoms with Gasteiger partial charge in [0, 0.05) is 23.6 Å². The van der Waals surface area contributed by atoms with E-state index in [0.717, 1.165) is 34.4 Å². The zero-order valence-corrected chi connectivity index (χ0v) is 18.8. The van der Waals surface area contributed by atoms with E-state index in [4.69, 9.17) is 14.2 Å². The summed E-state index contributed by atoms with van der Waals surface area (Å²) in [6, 6.07) is 14.1. The highest BCUT2D eigenvalue weighted by molar-refractivity contribution is 5.88. The van der Waals surface area contributed by atoms with Crippen molar-refractivity contribution in [2.45, 2.75) is 71.9 Å². The summed E-state index contributed by atoms with van der Waals surface area (Å²) in [7, 11) is 0. The maximum Gasteiger partial charge on any atom is 0.331 e. The Labute approximate surface area is 179 Å². The molecule has 1 aliphatic heterocycles. The van der Waals surface area contributed by atoms with Crippen LogP contribution in [0.4, 0.5) is 0 Å². The van der Waals surface area contributed by atoms with Crippen molar-refractivity contribution in [2.24, 2.45) is 0 Å². The van der Waals surface area contributed by atoms with Gasteiger partial charge in [-0.3, -0.25) is 0 Å². The average Bonchev–Trinajstić information content (AvgIpc) is 3.26. The number of carbonyl (C=O) groups is 1. The fourth-order valence-corrected chi connectivity index (χ4v) is 3.33. The Morgan fingerprint density at radius 1 is 1.13 bits per heavy atom. The predicted octanol–water partition coefficient (Wildman–Crippen LogP) is 5.65. The molecule has 0 aliphatic carbocycles. The van der Waals surface area contributed by atoms with Crippen LogP contribution < -0.4 is 4.74 Å². The van der Waals surface area contributed by atoms with Crippen LogP contribution in [0.15, 0.2) is 48.5 Å². The first kappa shape index (κ1) is 22.1. The SMILES string of the molecule is Cc1ccc(/C=C\C(=O)OC(C)(C)C)c(OCc2ccccc2)c1CC1OC1(C)C. The molecule has 1 saturated heterocycles. The molecule has 1 heterocycles. The molecular weight excluding hydrogens is 376 g/mol. The highest BCUT2D eigenvalue weighted by atomic mass is 16.6. The van der Waals surface area contributed by atoms with Gasteiger partial charge in [0.25, 0.3) is 0 Å². The summed E-state index contributed by atoms with van der Waals surface area (Å²) < 4.78 is 17.5. The van der Waals surface area contributed by atoms with Crippen molar-refractivity contribution in [1.29, 1.82) is 0 Å². The second-order valence-corrected chi connectivity index (χ2v) is 9.33. The van der Waals surface area contributed by atoms with Crippen molar-refractivity contribution in [1.82, 2.24) is 0 Å². The minimum atomic E-state index is -0.526. The molecule has 0 radical (unpaired) electrons. The second-order valence-electron chi connectivity index (χ2n) is 9.33. The quantitative estimate of drug-likeness (QED) is 0.337. The smallest absolute Gasteiger partial charge is 0.331 e. The van der Waals surface area contributed by atoms with Crippen LogP contribution >= 0.6 is 0 Å². The Morgan fingerprint density at radius 3 is 2.40 bits per heavy atom. The van der Waals surface area contributed by atoms with E-state index in [2.05, 4.69) is 26.8 Å². The number of esters is 1. The van der Waals surface area contributed by atoms with Gasteiger partial charge in [-0.25, -0.2) is 4.79 Å². The number of hydrogen-bond acceptors (Lipinski definition) is 4. The van der Waals surface area contributed by atoms with Crippen LogP contribution in [0.5, 0.6) is 5.75 Å². The maximum absolute atomic E-state index is 12.2. The minimum absolute atomic E-state index is 0.106. The molecule has 0 aromatic heterocycles. The zero-order valence-electron chi connectivity index (χ0n) is 18.8. The lowest BCUT2D eigenvalue weighted by atomic mass is 9.95. The molecule has 0 amide bonds. The molecule has 4 nitrogen and oxygen atoms in total. The summed E-state index contributed by atoms with van der Waals surface area (Å²) in [6.45, 7) is 12.3. The summed E-state index contributed by atoms with van der Waals surface area (Å²) in [5, 5.41) is 0. The van der Waals surface area contributed by atoms with Crippen LogP contribution in [-0.4, -0.2) is 23.3 Å². The van der Waals surface area contributed by atoms with Crippen molar-refractivity contribution < 1.29 is 19.0 Å². The number of benzene rings is 2. The van der Waals surface area contributed by atoms with Crippen molar-refractivity contribution >= 4 is 12.0 Å². The van der Waals surface area contributed by atoms with E-state index in [9.17, 15) is 4.79 Å². The number of carbonyl (C=O) groups excluding carboxylic acids is 1. The fraction of sp³-hybridized carbons (Fsp3) is 0.423. The molecule has 1 atom stereocenters. The van der Waals surface area contributed by atoms with Gasteiger partial charge in [0.2, 0.25) is 0 Å². The number of epoxide rings is 1. The van der Waals surface area contributed by atoms with Crippen molar-refractivity contribution in [3.63, 3.8) is 0 Å². The molecule has 160 valence electrons. The number of rotatable bonds is 7. The molecule has 1 aliphatic rings. The third-order valence-corrected chi connectivity index (χ3v) is 5.11. The molecule has 3 rings (SSSR count). The molecule has 0 spiro atoms. The van der Waals surface area contributed by atoms with Gasteiger partial charge in [-0.2, -0.15) is 0 Å². The van der Waals surface area contributed by atoms with Gasteiger partial charge in [-0.1, -0.05) is 42.5 Å². The van der Waals surface area contributed by atoms with E-state index in [1.807, 2.05) is 57.2 Å². The van der Waals surface area contributed by atoms with Gasteiger partial charge >= 0.3 is 5.97 Å². The Morgan fingerprint density at radius 2 is 1.80 bits per heavy atom. The van der Waals surface area contributed by atoms with Gasteiger partial charge in [0.1, 0.15) is 18.0 Å². The fourth-order valence-electron chi connectivity index (χ4n) is 3.33. The molecule has 0 bridgehead atoms. The topological polar surface area (TPSA) is 48.1 Å². The second kappa shape index (κ2) is 8.65. The zero-order chi connectivity index (χ0) is 21.9. The number of hydrogen-bond donors (Lipinski definition) is 0. The Bertz CT molecular complexity index is 920. The Balaban J connectivity index is 1.89. The lowest BCUT2D eigenvalue weighted by molar-refractivity contribution is -0.148. The first-order chi connectivity index (χ1) is 14.0. The van der Waals surface area contributed by atoms with Crippen LogP contribution in [0.1, 0.15) is 56.9 Å². The molecule has 4 heteroatoms. The van der Waals surface area contributed by atoms with Gasteiger partial charge in [-0.05, 0) is 58.7 Å². The summed E-state index contributed by atoms with van der Waals surface area (Å²) in [5.74, 6) is 0.426. The third kappa shape index (κ3) is 5.96. The summed E-state index contributed by atoms with van der Waals surface area (Å²) >= 11 is 0. The molecule has 2 aromatic rings. The highest BCUT2D eigenvalue weighted by Crippen LogP contribution is 2.41. The number of aryl methyl sites for hydroxylation is 1. The first-order valence-electron chi connectivity index (χ1n) is 10.4. The maximum atomic E-state index is 12.2. The molecule has 1 unspecified atom stereocenters. The lowest BCUT2D eigenvalue weighted by Crippen LogP contribution is -2.22. The predicted molar refractivity (Wildman–Crippen MR) is 119 cm³/mol. The van der Waals surface area contributed by atoms with Gasteiger partial charge in [0.15, 0.2) is 0 Å². The van der Waals surface area contributed by atoms with Gasteiger partial charge in [0.05, 0.1) is 11.7 Å². The first-order valence-corrected chi connectivity index (χ1v) is 10.4. The standard InChI is InChI=1S/C26H32O4/c1-18-12-13-20(14-15-23(27)30-25(2,3)4)24(21(18)16-22-26(5,6)29-22)28-17-19-10-8-7-9-11-19/h7-15,22H,16-17H2,1-6H3/b15-14-. The van der Waals surface area contributed by atoms with Crippen LogP contribution in [0.25, 0.3) is 6.08 Å². The molecule has 30 heavy (non-hydrogen) atoms.